The quantitative estimate of drug-likeness (QED) is 0.423. The monoisotopic (exact) mass is 281 g/mol. The van der Waals surface area contributed by atoms with Crippen LogP contribution in [0.4, 0.5) is 4.79 Å². The lowest BCUT2D eigenvalue weighted by molar-refractivity contribution is -0.139. The van der Waals surface area contributed by atoms with Gasteiger partial charge in [0, 0.05) is 0 Å². The number of rotatable bonds is 3. The molecular formula is C13H15NO6. The molecular weight excluding hydrogens is 266 g/mol. The van der Waals surface area contributed by atoms with Gasteiger partial charge in [0.1, 0.15) is 0 Å². The van der Waals surface area contributed by atoms with E-state index in [4.69, 9.17) is 4.74 Å². The number of nitrogens with zero attached hydrogens (tertiary/aromatic N) is 1. The topological polar surface area (TPSA) is 82.1 Å². The van der Waals surface area contributed by atoms with Crippen molar-refractivity contribution in [1.82, 2.24) is 4.90 Å². The van der Waals surface area contributed by atoms with Crippen molar-refractivity contribution in [3.8, 4) is 0 Å². The third kappa shape index (κ3) is 1.95. The Morgan fingerprint density at radius 1 is 1.05 bits per heavy atom. The molecule has 0 N–H and O–H groups in total. The number of methoxy groups -OCH3 is 2. The molecule has 0 radical (unpaired) electrons. The van der Waals surface area contributed by atoms with Gasteiger partial charge >= 0.3 is 18.0 Å². The van der Waals surface area contributed by atoms with E-state index in [1.807, 2.05) is 0 Å². The first-order valence-corrected chi connectivity index (χ1v) is 6.10. The Bertz CT molecular complexity index is 485. The summed E-state index contributed by atoms with van der Waals surface area (Å²) in [6, 6.07) is -1.30. The zero-order chi connectivity index (χ0) is 14.9. The fraction of sp³-hybridized carbons (Fsp3) is 0.462. The van der Waals surface area contributed by atoms with Crippen LogP contribution >= 0.6 is 0 Å². The Labute approximate surface area is 115 Å². The average molecular weight is 281 g/mol. The lowest BCUT2D eigenvalue weighted by Crippen LogP contribution is -2.39. The van der Waals surface area contributed by atoms with Crippen LogP contribution in [0.5, 0.6) is 0 Å². The molecule has 2 aliphatic heterocycles. The molecule has 0 aliphatic carbocycles. The fourth-order valence-electron chi connectivity index (χ4n) is 2.46. The Morgan fingerprint density at radius 2 is 1.50 bits per heavy atom. The molecule has 2 rings (SSSR count). The second-order valence-corrected chi connectivity index (χ2v) is 4.19. The molecule has 2 aliphatic rings. The van der Waals surface area contributed by atoms with E-state index in [9.17, 15) is 14.4 Å². The molecule has 0 aromatic rings. The van der Waals surface area contributed by atoms with Gasteiger partial charge in [-0.15, -0.1) is 0 Å². The number of carbonyl (C=O) groups is 3. The molecule has 0 aromatic carbocycles. The van der Waals surface area contributed by atoms with E-state index >= 15 is 0 Å². The molecule has 2 heterocycles. The number of amides is 1. The Balaban J connectivity index is 2.40. The third-order valence-electron chi connectivity index (χ3n) is 3.25. The van der Waals surface area contributed by atoms with Gasteiger partial charge in [-0.3, -0.25) is 4.90 Å². The zero-order valence-corrected chi connectivity index (χ0v) is 11.4. The van der Waals surface area contributed by atoms with Crippen LogP contribution in [0.2, 0.25) is 0 Å². The summed E-state index contributed by atoms with van der Waals surface area (Å²) in [5, 5.41) is 0. The van der Waals surface area contributed by atoms with Gasteiger partial charge in [-0.05, 0) is 6.92 Å². The van der Waals surface area contributed by atoms with E-state index in [2.05, 4.69) is 9.47 Å². The van der Waals surface area contributed by atoms with E-state index < -0.39 is 30.1 Å². The summed E-state index contributed by atoms with van der Waals surface area (Å²) >= 11 is 0. The lowest BCUT2D eigenvalue weighted by atomic mass is 9.97. The smallest absolute Gasteiger partial charge is 0.411 e. The molecule has 20 heavy (non-hydrogen) atoms. The summed E-state index contributed by atoms with van der Waals surface area (Å²) in [7, 11) is 2.43. The fourth-order valence-corrected chi connectivity index (χ4v) is 2.46. The standard InChI is InChI=1S/C13H15NO6/c1-4-20-13(17)14-7-5-6-8(14)10(12(16)19-3)9(7)11(15)18-2/h5-8H,4H2,1-3H3/t7-,8+. The van der Waals surface area contributed by atoms with Crippen LogP contribution in [0.1, 0.15) is 6.92 Å². The average Bonchev–Trinajstić information content (AvgIpc) is 3.01. The summed E-state index contributed by atoms with van der Waals surface area (Å²) in [5.41, 5.74) is 0.250. The number of hydrogen-bond donors (Lipinski definition) is 0. The molecule has 0 fully saturated rings. The minimum absolute atomic E-state index is 0.125. The Kier molecular flexibility index (Phi) is 3.78. The van der Waals surface area contributed by atoms with Gasteiger partial charge in [0.05, 0.1) is 44.1 Å². The molecule has 0 unspecified atom stereocenters. The van der Waals surface area contributed by atoms with Crippen molar-refractivity contribution < 1.29 is 28.6 Å². The molecule has 2 bridgehead atoms. The van der Waals surface area contributed by atoms with Crippen molar-refractivity contribution in [2.75, 3.05) is 20.8 Å². The summed E-state index contributed by atoms with van der Waals surface area (Å²) in [4.78, 5) is 37.0. The molecule has 0 spiro atoms. The number of hydrogen-bond acceptors (Lipinski definition) is 6. The summed E-state index contributed by atoms with van der Waals surface area (Å²) in [6.07, 6.45) is 2.74. The van der Waals surface area contributed by atoms with Crippen LogP contribution in [0.15, 0.2) is 23.3 Å². The minimum Gasteiger partial charge on any atom is -0.466 e. The molecule has 0 saturated heterocycles. The van der Waals surface area contributed by atoms with Crippen LogP contribution < -0.4 is 0 Å². The number of fused-ring (bicyclic) bond motifs is 2. The molecule has 0 saturated carbocycles. The van der Waals surface area contributed by atoms with Crippen LogP contribution in [0.25, 0.3) is 0 Å². The molecule has 7 heteroatoms. The van der Waals surface area contributed by atoms with E-state index in [0.717, 1.165) is 0 Å². The van der Waals surface area contributed by atoms with Gasteiger partial charge in [0.15, 0.2) is 0 Å². The predicted molar refractivity (Wildman–Crippen MR) is 66.6 cm³/mol. The van der Waals surface area contributed by atoms with Crippen LogP contribution in [0.3, 0.4) is 0 Å². The van der Waals surface area contributed by atoms with Crippen LogP contribution in [-0.4, -0.2) is 55.8 Å². The first kappa shape index (κ1) is 14.1. The maximum absolute atomic E-state index is 12.0. The maximum atomic E-state index is 12.0. The lowest BCUT2D eigenvalue weighted by Gasteiger charge is -2.22. The largest absolute Gasteiger partial charge is 0.466 e. The normalized spacial score (nSPS) is 23.1. The highest BCUT2D eigenvalue weighted by molar-refractivity contribution is 6.06. The highest BCUT2D eigenvalue weighted by atomic mass is 16.6. The van der Waals surface area contributed by atoms with E-state index in [1.165, 1.54) is 19.1 Å². The van der Waals surface area contributed by atoms with Crippen molar-refractivity contribution in [2.24, 2.45) is 0 Å². The van der Waals surface area contributed by atoms with Crippen molar-refractivity contribution in [3.05, 3.63) is 23.3 Å². The molecule has 2 atom stereocenters. The second-order valence-electron chi connectivity index (χ2n) is 4.19. The molecule has 0 aromatic heterocycles. The highest BCUT2D eigenvalue weighted by Crippen LogP contribution is 2.38. The molecule has 108 valence electrons. The zero-order valence-electron chi connectivity index (χ0n) is 11.4. The second kappa shape index (κ2) is 5.36. The SMILES string of the molecule is CCOC(=O)N1[C@@H]2C=C[C@H]1C(C(=O)OC)=C2C(=O)OC. The van der Waals surface area contributed by atoms with Crippen LogP contribution in [0, 0.1) is 0 Å². The minimum atomic E-state index is -0.656. The molecule has 1 amide bonds. The van der Waals surface area contributed by atoms with Crippen LogP contribution in [-0.2, 0) is 23.8 Å². The first-order valence-electron chi connectivity index (χ1n) is 6.10. The Morgan fingerprint density at radius 3 is 1.85 bits per heavy atom. The van der Waals surface area contributed by atoms with Crippen molar-refractivity contribution in [2.45, 2.75) is 19.0 Å². The van der Waals surface area contributed by atoms with Crippen molar-refractivity contribution in [1.29, 1.82) is 0 Å². The van der Waals surface area contributed by atoms with E-state index in [-0.39, 0.29) is 17.8 Å². The van der Waals surface area contributed by atoms with Gasteiger partial charge in [0.2, 0.25) is 0 Å². The maximum Gasteiger partial charge on any atom is 0.411 e. The predicted octanol–water partition coefficient (Wildman–Crippen LogP) is 0.408. The summed E-state index contributed by atoms with van der Waals surface area (Å²) in [5.74, 6) is -1.31. The van der Waals surface area contributed by atoms with E-state index in [0.29, 0.717) is 0 Å². The summed E-state index contributed by atoms with van der Waals surface area (Å²) < 4.78 is 14.3. The first-order chi connectivity index (χ1) is 9.56. The van der Waals surface area contributed by atoms with Crippen molar-refractivity contribution in [3.63, 3.8) is 0 Å². The number of ether oxygens (including phenoxy) is 3. The highest BCUT2D eigenvalue weighted by Gasteiger charge is 2.51. The number of esters is 2. The number of carbonyl (C=O) groups excluding carboxylic acids is 3. The van der Waals surface area contributed by atoms with Gasteiger partial charge in [0.25, 0.3) is 0 Å². The van der Waals surface area contributed by atoms with Crippen molar-refractivity contribution >= 4 is 18.0 Å². The van der Waals surface area contributed by atoms with Gasteiger partial charge < -0.3 is 14.2 Å². The van der Waals surface area contributed by atoms with Gasteiger partial charge in [-0.25, -0.2) is 14.4 Å². The van der Waals surface area contributed by atoms with Gasteiger partial charge in [-0.2, -0.15) is 0 Å². The third-order valence-corrected chi connectivity index (χ3v) is 3.25. The summed E-state index contributed by atoms with van der Waals surface area (Å²) in [6.45, 7) is 1.88. The van der Waals surface area contributed by atoms with E-state index in [1.54, 1.807) is 19.1 Å². The Hall–Kier alpha value is -2.31. The molecule has 7 nitrogen and oxygen atoms in total. The van der Waals surface area contributed by atoms with Gasteiger partial charge in [-0.1, -0.05) is 12.2 Å².